The Labute approximate surface area is 139 Å². The van der Waals surface area contributed by atoms with E-state index in [9.17, 15) is 18.5 Å². The van der Waals surface area contributed by atoms with E-state index in [2.05, 4.69) is 18.9 Å². The molecule has 1 saturated carbocycles. The molecule has 0 saturated heterocycles. The quantitative estimate of drug-likeness (QED) is 0.628. The summed E-state index contributed by atoms with van der Waals surface area (Å²) >= 11 is 0. The van der Waals surface area contributed by atoms with Crippen LogP contribution in [0.15, 0.2) is 29.2 Å². The highest BCUT2D eigenvalue weighted by Crippen LogP contribution is 2.70. The third-order valence-electron chi connectivity index (χ3n) is 5.52. The molecule has 0 radical (unpaired) electrons. The number of nitrogens with zero attached hydrogens (tertiary/aromatic N) is 3. The fourth-order valence-electron chi connectivity index (χ4n) is 4.10. The summed E-state index contributed by atoms with van der Waals surface area (Å²) in [6.45, 7) is 6.25. The van der Waals surface area contributed by atoms with Gasteiger partial charge in [-0.05, 0) is 42.7 Å². The lowest BCUT2D eigenvalue weighted by atomic mass is 9.98. The Bertz CT molecular complexity index is 973. The summed E-state index contributed by atoms with van der Waals surface area (Å²) in [6, 6.07) is 4.92. The number of aryl methyl sites for hydroxylation is 1. The van der Waals surface area contributed by atoms with Crippen LogP contribution in [0, 0.1) is 28.4 Å². The second-order valence-electron chi connectivity index (χ2n) is 7.15. The van der Waals surface area contributed by atoms with Crippen molar-refractivity contribution in [3.8, 4) is 0 Å². The van der Waals surface area contributed by atoms with E-state index in [-0.39, 0.29) is 16.0 Å². The van der Waals surface area contributed by atoms with Crippen LogP contribution >= 0.6 is 0 Å². The second-order valence-corrected chi connectivity index (χ2v) is 8.92. The van der Waals surface area contributed by atoms with E-state index in [4.69, 9.17) is 0 Å². The molecule has 0 N–H and O–H groups in total. The van der Waals surface area contributed by atoms with Gasteiger partial charge in [0.25, 0.3) is 15.7 Å². The van der Waals surface area contributed by atoms with E-state index in [1.165, 1.54) is 24.3 Å². The van der Waals surface area contributed by atoms with Crippen LogP contribution in [0.3, 0.4) is 0 Å². The lowest BCUT2D eigenvalue weighted by Crippen LogP contribution is -2.18. The maximum absolute atomic E-state index is 12.9. The first-order valence-electron chi connectivity index (χ1n) is 7.74. The molecular formula is C16H17N3O4S. The Kier molecular flexibility index (Phi) is 2.83. The SMILES string of the molecule is Cc1nn(S(=O)(=O)c2ccc([N+](=O)[O-])cc2)c2c1C1C(C2)C1(C)C. The van der Waals surface area contributed by atoms with E-state index in [0.717, 1.165) is 21.0 Å². The highest BCUT2D eigenvalue weighted by molar-refractivity contribution is 7.89. The van der Waals surface area contributed by atoms with Gasteiger partial charge in [0.1, 0.15) is 0 Å². The Morgan fingerprint density at radius 3 is 2.50 bits per heavy atom. The molecule has 7 nitrogen and oxygen atoms in total. The highest BCUT2D eigenvalue weighted by Gasteiger charge is 2.64. The summed E-state index contributed by atoms with van der Waals surface area (Å²) < 4.78 is 26.9. The predicted molar refractivity (Wildman–Crippen MR) is 86.4 cm³/mol. The number of rotatable bonds is 3. The fraction of sp³-hybridized carbons (Fsp3) is 0.438. The molecule has 4 rings (SSSR count). The minimum absolute atomic E-state index is 0.0123. The molecule has 2 aliphatic rings. The van der Waals surface area contributed by atoms with Crippen molar-refractivity contribution in [1.82, 2.24) is 9.19 Å². The molecular weight excluding hydrogens is 330 g/mol. The van der Waals surface area contributed by atoms with Crippen LogP contribution in [0.1, 0.15) is 36.7 Å². The van der Waals surface area contributed by atoms with Gasteiger partial charge in [0, 0.05) is 17.7 Å². The first-order valence-corrected chi connectivity index (χ1v) is 9.18. The second kappa shape index (κ2) is 4.44. The molecule has 1 aromatic carbocycles. The largest absolute Gasteiger partial charge is 0.283 e. The van der Waals surface area contributed by atoms with Gasteiger partial charge in [0.2, 0.25) is 0 Å². The molecule has 2 atom stereocenters. The van der Waals surface area contributed by atoms with Crippen molar-refractivity contribution in [2.75, 3.05) is 0 Å². The van der Waals surface area contributed by atoms with Gasteiger partial charge in [-0.3, -0.25) is 10.1 Å². The summed E-state index contributed by atoms with van der Waals surface area (Å²) in [4.78, 5) is 10.2. The molecule has 8 heteroatoms. The third kappa shape index (κ3) is 1.83. The molecule has 0 bridgehead atoms. The minimum atomic E-state index is -3.84. The van der Waals surface area contributed by atoms with Crippen molar-refractivity contribution in [1.29, 1.82) is 0 Å². The monoisotopic (exact) mass is 347 g/mol. The zero-order chi connectivity index (χ0) is 17.4. The topological polar surface area (TPSA) is 95.1 Å². The average molecular weight is 347 g/mol. The van der Waals surface area contributed by atoms with E-state index in [1.807, 2.05) is 6.92 Å². The number of fused-ring (bicyclic) bond motifs is 3. The van der Waals surface area contributed by atoms with E-state index >= 15 is 0 Å². The summed E-state index contributed by atoms with van der Waals surface area (Å²) in [5, 5.41) is 15.0. The molecule has 2 aliphatic carbocycles. The zero-order valence-corrected chi connectivity index (χ0v) is 14.4. The minimum Gasteiger partial charge on any atom is -0.258 e. The number of nitro groups is 1. The van der Waals surface area contributed by atoms with Crippen molar-refractivity contribution in [3.63, 3.8) is 0 Å². The molecule has 0 aliphatic heterocycles. The molecule has 1 aromatic heterocycles. The van der Waals surface area contributed by atoms with Crippen molar-refractivity contribution in [3.05, 3.63) is 51.3 Å². The van der Waals surface area contributed by atoms with Crippen molar-refractivity contribution in [2.24, 2.45) is 11.3 Å². The molecule has 0 amide bonds. The lowest BCUT2D eigenvalue weighted by molar-refractivity contribution is -0.384. The number of benzene rings is 1. The predicted octanol–water partition coefficient (Wildman–Crippen LogP) is 2.63. The summed E-state index contributed by atoms with van der Waals surface area (Å²) in [7, 11) is -3.84. The van der Waals surface area contributed by atoms with Crippen molar-refractivity contribution >= 4 is 15.7 Å². The average Bonchev–Trinajstić information content (AvgIpc) is 2.85. The van der Waals surface area contributed by atoms with E-state index < -0.39 is 14.9 Å². The normalized spacial score (nSPS) is 23.6. The van der Waals surface area contributed by atoms with Gasteiger partial charge >= 0.3 is 0 Å². The van der Waals surface area contributed by atoms with Crippen LogP contribution in [0.5, 0.6) is 0 Å². The van der Waals surface area contributed by atoms with Gasteiger partial charge < -0.3 is 0 Å². The van der Waals surface area contributed by atoms with Crippen LogP contribution in [0.4, 0.5) is 5.69 Å². The van der Waals surface area contributed by atoms with Gasteiger partial charge in [-0.25, -0.2) is 0 Å². The maximum Gasteiger partial charge on any atom is 0.283 e. The molecule has 2 unspecified atom stereocenters. The Balaban J connectivity index is 1.79. The van der Waals surface area contributed by atoms with E-state index in [1.54, 1.807) is 0 Å². The maximum atomic E-state index is 12.9. The number of hydrogen-bond acceptors (Lipinski definition) is 5. The number of hydrogen-bond donors (Lipinski definition) is 0. The van der Waals surface area contributed by atoms with Gasteiger partial charge in [-0.1, -0.05) is 13.8 Å². The fourth-order valence-corrected chi connectivity index (χ4v) is 5.47. The molecule has 0 spiro atoms. The lowest BCUT2D eigenvalue weighted by Gasteiger charge is -2.11. The molecule has 1 fully saturated rings. The Morgan fingerprint density at radius 1 is 1.29 bits per heavy atom. The first-order chi connectivity index (χ1) is 11.2. The molecule has 126 valence electrons. The van der Waals surface area contributed by atoms with Crippen molar-refractivity contribution in [2.45, 2.75) is 38.0 Å². The van der Waals surface area contributed by atoms with E-state index in [0.29, 0.717) is 18.3 Å². The third-order valence-corrected chi connectivity index (χ3v) is 7.15. The number of aromatic nitrogens is 2. The van der Waals surface area contributed by atoms with Crippen LogP contribution < -0.4 is 0 Å². The number of non-ortho nitro benzene ring substituents is 1. The molecule has 2 aromatic rings. The summed E-state index contributed by atoms with van der Waals surface area (Å²) in [5.41, 5.74) is 2.66. The summed E-state index contributed by atoms with van der Waals surface area (Å²) in [5.74, 6) is 0.857. The van der Waals surface area contributed by atoms with Crippen LogP contribution in [-0.2, 0) is 16.4 Å². The van der Waals surface area contributed by atoms with Gasteiger partial charge in [-0.2, -0.15) is 17.6 Å². The van der Waals surface area contributed by atoms with Crippen LogP contribution in [0.2, 0.25) is 0 Å². The molecule has 24 heavy (non-hydrogen) atoms. The first kappa shape index (κ1) is 15.3. The highest BCUT2D eigenvalue weighted by atomic mass is 32.2. The standard InChI is InChI=1S/C16H17N3O4S/c1-9-14-13(8-12-15(14)16(12,2)3)18(17-9)24(22,23)11-6-4-10(5-7-11)19(20)21/h4-7,12,15H,8H2,1-3H3. The summed E-state index contributed by atoms with van der Waals surface area (Å²) in [6.07, 6.45) is 0.708. The van der Waals surface area contributed by atoms with Crippen molar-refractivity contribution < 1.29 is 13.3 Å². The Hall–Kier alpha value is -2.22. The Morgan fingerprint density at radius 2 is 1.92 bits per heavy atom. The van der Waals surface area contributed by atoms with Gasteiger partial charge in [0.15, 0.2) is 0 Å². The van der Waals surface area contributed by atoms with Gasteiger partial charge in [0.05, 0.1) is 21.2 Å². The molecule has 1 heterocycles. The zero-order valence-electron chi connectivity index (χ0n) is 13.6. The van der Waals surface area contributed by atoms with Gasteiger partial charge in [-0.15, -0.1) is 0 Å². The van der Waals surface area contributed by atoms with Crippen LogP contribution in [-0.4, -0.2) is 22.5 Å². The number of nitro benzene ring substituents is 1. The smallest absolute Gasteiger partial charge is 0.258 e. The van der Waals surface area contributed by atoms with Crippen LogP contribution in [0.25, 0.3) is 0 Å².